The second kappa shape index (κ2) is 7.77. The lowest BCUT2D eigenvalue weighted by Gasteiger charge is -2.35. The van der Waals surface area contributed by atoms with E-state index in [2.05, 4.69) is 25.0 Å². The first-order chi connectivity index (χ1) is 12.0. The number of nitrogens with zero attached hydrogens (tertiary/aromatic N) is 2. The molecule has 136 valence electrons. The molecule has 1 fully saturated rings. The summed E-state index contributed by atoms with van der Waals surface area (Å²) >= 11 is 1.88. The Kier molecular flexibility index (Phi) is 5.67. The lowest BCUT2D eigenvalue weighted by molar-refractivity contribution is 0.277. The molecule has 3 rings (SSSR count). The molecular weight excluding hydrogens is 326 g/mol. The van der Waals surface area contributed by atoms with Gasteiger partial charge < -0.3 is 10.6 Å². The number of rotatable bonds is 5. The summed E-state index contributed by atoms with van der Waals surface area (Å²) in [4.78, 5) is 8.67. The van der Waals surface area contributed by atoms with Crippen LogP contribution in [0.25, 0.3) is 5.70 Å². The average Bonchev–Trinajstić information content (AvgIpc) is 2.98. The molecular formula is C21H31N3S. The van der Waals surface area contributed by atoms with Crippen molar-refractivity contribution in [2.45, 2.75) is 52.4 Å². The number of allylic oxidation sites excluding steroid dienone is 1. The predicted molar refractivity (Wildman–Crippen MR) is 111 cm³/mol. The summed E-state index contributed by atoms with van der Waals surface area (Å²) in [6.45, 7) is 14.7. The fraction of sp³-hybridized carbons (Fsp3) is 0.571. The number of piperidine rings is 1. The molecule has 25 heavy (non-hydrogen) atoms. The Hall–Kier alpha value is -1.55. The van der Waals surface area contributed by atoms with Gasteiger partial charge in [0.15, 0.2) is 0 Å². The summed E-state index contributed by atoms with van der Waals surface area (Å²) in [6.07, 6.45) is 9.02. The largest absolute Gasteiger partial charge is 0.402 e. The molecule has 1 aliphatic carbocycles. The Morgan fingerprint density at radius 1 is 1.32 bits per heavy atom. The van der Waals surface area contributed by atoms with Crippen molar-refractivity contribution in [2.24, 2.45) is 22.6 Å². The lowest BCUT2D eigenvalue weighted by atomic mass is 9.85. The van der Waals surface area contributed by atoms with Crippen molar-refractivity contribution < 1.29 is 0 Å². The number of likely N-dealkylation sites (tertiary alicyclic amines) is 1. The van der Waals surface area contributed by atoms with Crippen LogP contribution in [0.1, 0.15) is 55.5 Å². The number of fused-ring (bicyclic) bond motifs is 1. The van der Waals surface area contributed by atoms with Gasteiger partial charge in [-0.2, -0.15) is 0 Å². The van der Waals surface area contributed by atoms with Crippen LogP contribution < -0.4 is 5.73 Å². The van der Waals surface area contributed by atoms with Crippen LogP contribution in [-0.2, 0) is 12.8 Å². The molecule has 2 aliphatic rings. The van der Waals surface area contributed by atoms with Gasteiger partial charge in [0.05, 0.1) is 0 Å². The molecule has 0 amide bonds. The Morgan fingerprint density at radius 3 is 2.64 bits per heavy atom. The molecule has 1 atom stereocenters. The topological polar surface area (TPSA) is 41.6 Å². The highest BCUT2D eigenvalue weighted by molar-refractivity contribution is 7.16. The van der Waals surface area contributed by atoms with Crippen LogP contribution >= 0.6 is 11.3 Å². The van der Waals surface area contributed by atoms with Gasteiger partial charge in [-0.1, -0.05) is 26.5 Å². The highest BCUT2D eigenvalue weighted by Crippen LogP contribution is 2.45. The zero-order valence-corrected chi connectivity index (χ0v) is 16.5. The van der Waals surface area contributed by atoms with E-state index >= 15 is 0 Å². The van der Waals surface area contributed by atoms with Gasteiger partial charge in [-0.05, 0) is 50.5 Å². The average molecular weight is 358 g/mol. The smallest absolute Gasteiger partial charge is 0.125 e. The van der Waals surface area contributed by atoms with Crippen molar-refractivity contribution in [1.82, 2.24) is 4.90 Å². The molecule has 2 N–H and O–H groups in total. The fourth-order valence-corrected chi connectivity index (χ4v) is 5.55. The zero-order valence-electron chi connectivity index (χ0n) is 15.7. The standard InChI is InChI=1S/C21H31N3S/c1-5-16-7-8-18-19(13-16)25-21(23-6-2)20(18)15(4)24-11-9-17(10-12-24)14(3)22/h6,16-17H,3-5,7-13,22H2,1-2H3. The third-order valence-electron chi connectivity index (χ3n) is 5.86. The molecule has 0 aromatic carbocycles. The first-order valence-electron chi connectivity index (χ1n) is 9.56. The minimum Gasteiger partial charge on any atom is -0.402 e. The van der Waals surface area contributed by atoms with Gasteiger partial charge in [0.1, 0.15) is 5.00 Å². The Bertz CT molecular complexity index is 678. The zero-order chi connectivity index (χ0) is 18.0. The molecule has 1 aromatic heterocycles. The van der Waals surface area contributed by atoms with E-state index < -0.39 is 0 Å². The molecule has 1 aromatic rings. The van der Waals surface area contributed by atoms with Crippen molar-refractivity contribution in [3.8, 4) is 0 Å². The van der Waals surface area contributed by atoms with E-state index in [0.717, 1.165) is 48.2 Å². The number of aliphatic imine (C=N–C) groups is 1. The fourth-order valence-electron chi connectivity index (χ4n) is 4.17. The maximum absolute atomic E-state index is 5.91. The molecule has 0 bridgehead atoms. The molecule has 0 radical (unpaired) electrons. The van der Waals surface area contributed by atoms with Crippen LogP contribution in [0, 0.1) is 11.8 Å². The number of thiophene rings is 1. The number of hydrogen-bond donors (Lipinski definition) is 1. The highest BCUT2D eigenvalue weighted by atomic mass is 32.1. The minimum atomic E-state index is 0.457. The van der Waals surface area contributed by atoms with E-state index in [0.29, 0.717) is 5.92 Å². The van der Waals surface area contributed by atoms with Crippen LogP contribution in [0.3, 0.4) is 0 Å². The first kappa shape index (κ1) is 18.2. The van der Waals surface area contributed by atoms with E-state index in [4.69, 9.17) is 10.7 Å². The predicted octanol–water partition coefficient (Wildman–Crippen LogP) is 5.14. The van der Waals surface area contributed by atoms with Gasteiger partial charge in [0.2, 0.25) is 0 Å². The van der Waals surface area contributed by atoms with E-state index in [1.165, 1.54) is 36.8 Å². The van der Waals surface area contributed by atoms with Crippen molar-refractivity contribution >= 4 is 28.2 Å². The lowest BCUT2D eigenvalue weighted by Crippen LogP contribution is -2.34. The molecule has 2 heterocycles. The maximum atomic E-state index is 5.91. The van der Waals surface area contributed by atoms with Crippen molar-refractivity contribution in [1.29, 1.82) is 0 Å². The monoisotopic (exact) mass is 357 g/mol. The summed E-state index contributed by atoms with van der Waals surface area (Å²) in [5.41, 5.74) is 10.7. The third kappa shape index (κ3) is 3.69. The van der Waals surface area contributed by atoms with Gasteiger partial charge in [0.25, 0.3) is 0 Å². The van der Waals surface area contributed by atoms with E-state index in [9.17, 15) is 0 Å². The van der Waals surface area contributed by atoms with E-state index in [1.807, 2.05) is 24.5 Å². The quantitative estimate of drug-likeness (QED) is 0.741. The summed E-state index contributed by atoms with van der Waals surface area (Å²) in [5, 5.41) is 1.15. The van der Waals surface area contributed by atoms with Crippen LogP contribution in [-0.4, -0.2) is 24.2 Å². The van der Waals surface area contributed by atoms with E-state index in [1.54, 1.807) is 4.88 Å². The minimum absolute atomic E-state index is 0.457. The molecule has 1 aliphatic heterocycles. The van der Waals surface area contributed by atoms with Crippen molar-refractivity contribution in [2.75, 3.05) is 13.1 Å². The molecule has 0 saturated carbocycles. The van der Waals surface area contributed by atoms with Crippen molar-refractivity contribution in [3.05, 3.63) is 34.9 Å². The molecule has 1 saturated heterocycles. The highest BCUT2D eigenvalue weighted by Gasteiger charge is 2.29. The van der Waals surface area contributed by atoms with Gasteiger partial charge in [-0.25, -0.2) is 4.99 Å². The summed E-state index contributed by atoms with van der Waals surface area (Å²) in [7, 11) is 0. The van der Waals surface area contributed by atoms with Crippen LogP contribution in [0.5, 0.6) is 0 Å². The van der Waals surface area contributed by atoms with Gasteiger partial charge in [0, 0.05) is 47.1 Å². The molecule has 0 spiro atoms. The van der Waals surface area contributed by atoms with Crippen LogP contribution in [0.15, 0.2) is 23.8 Å². The Morgan fingerprint density at radius 2 is 2.04 bits per heavy atom. The molecule has 1 unspecified atom stereocenters. The van der Waals surface area contributed by atoms with E-state index in [-0.39, 0.29) is 0 Å². The first-order valence-corrected chi connectivity index (χ1v) is 10.4. The summed E-state index contributed by atoms with van der Waals surface area (Å²) in [5.74, 6) is 1.29. The molecule has 3 nitrogen and oxygen atoms in total. The molecule has 4 heteroatoms. The Balaban J connectivity index is 1.85. The second-order valence-electron chi connectivity index (χ2n) is 7.37. The normalized spacial score (nSPS) is 21.5. The van der Waals surface area contributed by atoms with Gasteiger partial charge >= 0.3 is 0 Å². The van der Waals surface area contributed by atoms with Crippen LogP contribution in [0.2, 0.25) is 0 Å². The summed E-state index contributed by atoms with van der Waals surface area (Å²) in [6, 6.07) is 0. The van der Waals surface area contributed by atoms with Crippen LogP contribution in [0.4, 0.5) is 5.00 Å². The Labute approximate surface area is 156 Å². The third-order valence-corrected chi connectivity index (χ3v) is 7.02. The van der Waals surface area contributed by atoms with Gasteiger partial charge in [-0.15, -0.1) is 11.3 Å². The number of hydrogen-bond acceptors (Lipinski definition) is 4. The SMILES string of the molecule is C=C(N)C1CCN(C(=C)c2c(N=CC)sc3c2CCC(CC)C3)CC1. The van der Waals surface area contributed by atoms with Crippen molar-refractivity contribution in [3.63, 3.8) is 0 Å². The number of nitrogens with two attached hydrogens (primary N) is 1. The maximum Gasteiger partial charge on any atom is 0.125 e. The summed E-state index contributed by atoms with van der Waals surface area (Å²) < 4.78 is 0. The second-order valence-corrected chi connectivity index (χ2v) is 8.45. The van der Waals surface area contributed by atoms with Gasteiger partial charge in [-0.3, -0.25) is 0 Å².